The molecule has 10 nitrogen and oxygen atoms in total. The summed E-state index contributed by atoms with van der Waals surface area (Å²) in [6, 6.07) is 14.4. The van der Waals surface area contributed by atoms with Crippen LogP contribution in [0.1, 0.15) is 11.6 Å². The van der Waals surface area contributed by atoms with Gasteiger partial charge in [-0.15, -0.1) is 0 Å². The maximum Gasteiger partial charge on any atom is 0.340 e. The summed E-state index contributed by atoms with van der Waals surface area (Å²) in [5.74, 6) is -0.381. The second kappa shape index (κ2) is 7.84. The van der Waals surface area contributed by atoms with Crippen molar-refractivity contribution in [3.8, 4) is 0 Å². The Morgan fingerprint density at radius 1 is 0.759 bits per heavy atom. The third-order valence-corrected chi connectivity index (χ3v) is 7.96. The monoisotopic (exact) mass is 436 g/mol. The van der Waals surface area contributed by atoms with E-state index in [4.69, 9.17) is 9.05 Å². The van der Waals surface area contributed by atoms with Crippen molar-refractivity contribution in [3.05, 3.63) is 60.2 Å². The Kier molecular flexibility index (Phi) is 5.40. The third-order valence-electron chi connectivity index (χ3n) is 4.04. The summed E-state index contributed by atoms with van der Waals surface area (Å²) >= 11 is 0. The van der Waals surface area contributed by atoms with Gasteiger partial charge in [0.1, 0.15) is 24.9 Å². The van der Waals surface area contributed by atoms with Crippen LogP contribution in [0.25, 0.3) is 22.1 Å². The van der Waals surface area contributed by atoms with Crippen LogP contribution in [0.4, 0.5) is 0 Å². The molecule has 0 bridgehead atoms. The van der Waals surface area contributed by atoms with E-state index in [1.165, 1.54) is 0 Å². The molecule has 2 aromatic carbocycles. The van der Waals surface area contributed by atoms with E-state index in [0.29, 0.717) is 22.7 Å². The second-order valence-electron chi connectivity index (χ2n) is 6.36. The Hall–Kier alpha value is -2.32. The van der Waals surface area contributed by atoms with Gasteiger partial charge in [-0.1, -0.05) is 24.3 Å². The zero-order valence-corrected chi connectivity index (χ0v) is 16.8. The average molecular weight is 436 g/mol. The first-order valence-corrected chi connectivity index (χ1v) is 12.1. The summed E-state index contributed by atoms with van der Waals surface area (Å²) in [5.41, 5.74) is 2.86. The number of rotatable bonds is 8. The van der Waals surface area contributed by atoms with E-state index in [1.807, 2.05) is 24.3 Å². The maximum absolute atomic E-state index is 12.2. The van der Waals surface area contributed by atoms with Crippen LogP contribution in [0.15, 0.2) is 48.5 Å². The molecule has 0 radical (unpaired) electrons. The van der Waals surface area contributed by atoms with Gasteiger partial charge >= 0.3 is 15.2 Å². The number of hydrogen-bond acceptors (Lipinski definition) is 6. The summed E-state index contributed by atoms with van der Waals surface area (Å²) in [4.78, 5) is 34.2. The molecule has 2 atom stereocenters. The fraction of sp³-hybridized carbons (Fsp3) is 0.176. The van der Waals surface area contributed by atoms with Gasteiger partial charge in [0.25, 0.3) is 0 Å². The highest BCUT2D eigenvalue weighted by Crippen LogP contribution is 2.58. The lowest BCUT2D eigenvalue weighted by Crippen LogP contribution is -2.01. The number of H-pyrrole nitrogens is 2. The van der Waals surface area contributed by atoms with Gasteiger partial charge in [-0.2, -0.15) is 0 Å². The highest BCUT2D eigenvalue weighted by Gasteiger charge is 2.34. The molecule has 0 aliphatic rings. The molecule has 152 valence electrons. The Bertz CT molecular complexity index is 1090. The normalized spacial score (nSPS) is 16.1. The molecule has 2 heterocycles. The summed E-state index contributed by atoms with van der Waals surface area (Å²) in [5, 5.41) is 0. The number of aromatic nitrogens is 4. The molecule has 4 aromatic rings. The molecule has 2 unspecified atom stereocenters. The van der Waals surface area contributed by atoms with Crippen molar-refractivity contribution < 1.29 is 28.0 Å². The van der Waals surface area contributed by atoms with E-state index < -0.39 is 21.1 Å². The Morgan fingerprint density at radius 3 is 1.59 bits per heavy atom. The van der Waals surface area contributed by atoms with Gasteiger partial charge in [0.05, 0.1) is 22.1 Å². The van der Waals surface area contributed by atoms with Gasteiger partial charge in [0.2, 0.25) is 0 Å². The summed E-state index contributed by atoms with van der Waals surface area (Å²) < 4.78 is 34.4. The molecule has 0 aliphatic heterocycles. The van der Waals surface area contributed by atoms with E-state index in [0.717, 1.165) is 11.0 Å². The van der Waals surface area contributed by atoms with Crippen molar-refractivity contribution in [1.82, 2.24) is 19.9 Å². The number of imidazole rings is 2. The highest BCUT2D eigenvalue weighted by atomic mass is 31.2. The van der Waals surface area contributed by atoms with Crippen LogP contribution in [-0.4, -0.2) is 35.6 Å². The lowest BCUT2D eigenvalue weighted by molar-refractivity contribution is 0.231. The van der Waals surface area contributed by atoms with Gasteiger partial charge in [-0.3, -0.25) is 9.13 Å². The molecule has 29 heavy (non-hydrogen) atoms. The smallest absolute Gasteiger partial charge is 0.340 e. The van der Waals surface area contributed by atoms with Crippen molar-refractivity contribution in [2.24, 2.45) is 0 Å². The molecule has 12 heteroatoms. The summed E-state index contributed by atoms with van der Waals surface area (Å²) in [6.45, 7) is -0.627. The number of nitrogens with one attached hydrogen (secondary N) is 2. The van der Waals surface area contributed by atoms with E-state index in [9.17, 15) is 18.9 Å². The Balaban J connectivity index is 1.35. The van der Waals surface area contributed by atoms with Crippen molar-refractivity contribution in [1.29, 1.82) is 0 Å². The third kappa shape index (κ3) is 5.00. The minimum Gasteiger partial charge on any atom is -0.340 e. The van der Waals surface area contributed by atoms with Crippen LogP contribution in [0.5, 0.6) is 0 Å². The predicted molar refractivity (Wildman–Crippen MR) is 106 cm³/mol. The lowest BCUT2D eigenvalue weighted by atomic mass is 10.3. The number of fused-ring (bicyclic) bond motifs is 2. The lowest BCUT2D eigenvalue weighted by Gasteiger charge is -2.15. The summed E-state index contributed by atoms with van der Waals surface area (Å²) in [7, 11) is -8.80. The zero-order chi connectivity index (χ0) is 20.5. The van der Waals surface area contributed by atoms with E-state index in [-0.39, 0.29) is 13.2 Å². The van der Waals surface area contributed by atoms with Gasteiger partial charge in [-0.05, 0) is 24.3 Å². The Labute approximate surface area is 165 Å². The van der Waals surface area contributed by atoms with Gasteiger partial charge in [-0.25, -0.2) is 9.97 Å². The molecule has 0 amide bonds. The molecular formula is C17H18N4O6P2. The first-order chi connectivity index (χ1) is 13.8. The first-order valence-electron chi connectivity index (χ1n) is 8.60. The molecule has 4 N–H and O–H groups in total. The maximum atomic E-state index is 12.2. The van der Waals surface area contributed by atoms with Crippen LogP contribution in [0.3, 0.4) is 0 Å². The molecule has 0 aliphatic carbocycles. The summed E-state index contributed by atoms with van der Waals surface area (Å²) in [6.07, 6.45) is 0. The number of benzene rings is 2. The van der Waals surface area contributed by atoms with E-state index in [1.54, 1.807) is 24.3 Å². The quantitative estimate of drug-likeness (QED) is 0.307. The zero-order valence-electron chi connectivity index (χ0n) is 15.1. The van der Waals surface area contributed by atoms with Crippen molar-refractivity contribution >= 4 is 37.3 Å². The Morgan fingerprint density at radius 2 is 1.17 bits per heavy atom. The predicted octanol–water partition coefficient (Wildman–Crippen LogP) is 3.50. The highest BCUT2D eigenvalue weighted by molar-refractivity contribution is 7.70. The fourth-order valence-electron chi connectivity index (χ4n) is 2.78. The first kappa shape index (κ1) is 20.0. The van der Waals surface area contributed by atoms with E-state index in [2.05, 4.69) is 19.9 Å². The van der Waals surface area contributed by atoms with Crippen molar-refractivity contribution in [2.75, 3.05) is 5.90 Å². The number of hydrogen-bond donors (Lipinski definition) is 4. The molecule has 0 saturated heterocycles. The van der Waals surface area contributed by atoms with Crippen LogP contribution in [0, 0.1) is 0 Å². The molecule has 0 fully saturated rings. The van der Waals surface area contributed by atoms with Gasteiger partial charge in [0, 0.05) is 0 Å². The molecular weight excluding hydrogens is 418 g/mol. The standard InChI is InChI=1S/C17H18N4O6P2/c22-28(23,26-9-16-18-12-5-1-2-6-13(12)19-16)11-29(24,25)27-10-17-20-14-7-3-4-8-15(14)21-17/h1-8H,9-11H2,(H,18,19)(H,20,21)(H,22,23)(H,24,25). The van der Waals surface area contributed by atoms with Crippen molar-refractivity contribution in [2.45, 2.75) is 13.2 Å². The second-order valence-corrected chi connectivity index (χ2v) is 10.6. The van der Waals surface area contributed by atoms with Gasteiger partial charge < -0.3 is 28.8 Å². The van der Waals surface area contributed by atoms with Crippen LogP contribution in [-0.2, 0) is 31.4 Å². The molecule has 0 saturated carbocycles. The topological polar surface area (TPSA) is 150 Å². The SMILES string of the molecule is O=P(O)(CP(=O)(O)OCc1nc2ccccc2[nH]1)OCc1nc2ccccc2[nH]1. The largest absolute Gasteiger partial charge is 0.340 e. The van der Waals surface area contributed by atoms with Gasteiger partial charge in [0.15, 0.2) is 5.90 Å². The molecule has 2 aromatic heterocycles. The minimum absolute atomic E-state index is 0.313. The number of para-hydroxylation sites is 4. The fourth-order valence-corrected chi connectivity index (χ4v) is 5.89. The van der Waals surface area contributed by atoms with Crippen molar-refractivity contribution in [3.63, 3.8) is 0 Å². The van der Waals surface area contributed by atoms with Crippen LogP contribution < -0.4 is 0 Å². The minimum atomic E-state index is -4.40. The molecule has 0 spiro atoms. The molecule has 4 rings (SSSR count). The number of nitrogens with zero attached hydrogens (tertiary/aromatic N) is 2. The van der Waals surface area contributed by atoms with Crippen LogP contribution in [0.2, 0.25) is 0 Å². The van der Waals surface area contributed by atoms with E-state index >= 15 is 0 Å². The van der Waals surface area contributed by atoms with Crippen LogP contribution >= 0.6 is 15.2 Å². The average Bonchev–Trinajstić information content (AvgIpc) is 3.27. The number of aromatic amines is 2.